The summed E-state index contributed by atoms with van der Waals surface area (Å²) >= 11 is 0. The highest BCUT2D eigenvalue weighted by atomic mass is 16.2. The lowest BCUT2D eigenvalue weighted by Crippen LogP contribution is -1.81. The standard InChI is InChI=1S/C16H16O/c17-13-6-2-1-3-8-14-10-7-11-15-9-4-5-12-16(14)15/h4-5,7,9-12,17H,1-2,6,13H2. The number of aliphatic hydroxyl groups is 1. The van der Waals surface area contributed by atoms with Crippen molar-refractivity contribution in [2.45, 2.75) is 19.3 Å². The number of rotatable bonds is 3. The van der Waals surface area contributed by atoms with Crippen LogP contribution in [0, 0.1) is 11.8 Å². The molecular formula is C16H16O. The third-order valence-corrected chi connectivity index (χ3v) is 2.72. The van der Waals surface area contributed by atoms with E-state index in [-0.39, 0.29) is 6.61 Å². The number of hydrogen-bond donors (Lipinski definition) is 1. The summed E-state index contributed by atoms with van der Waals surface area (Å²) in [6.45, 7) is 0.260. The van der Waals surface area contributed by atoms with E-state index in [1.807, 2.05) is 18.2 Å². The first kappa shape index (κ1) is 11.7. The molecule has 0 fully saturated rings. The van der Waals surface area contributed by atoms with Crippen molar-refractivity contribution in [2.75, 3.05) is 6.61 Å². The molecule has 0 saturated carbocycles. The minimum Gasteiger partial charge on any atom is -0.396 e. The first-order valence-corrected chi connectivity index (χ1v) is 5.99. The van der Waals surface area contributed by atoms with E-state index in [0.717, 1.165) is 24.8 Å². The van der Waals surface area contributed by atoms with Crippen LogP contribution in [0.4, 0.5) is 0 Å². The summed E-state index contributed by atoms with van der Waals surface area (Å²) in [5.41, 5.74) is 1.09. The van der Waals surface area contributed by atoms with Gasteiger partial charge in [0.25, 0.3) is 0 Å². The highest BCUT2D eigenvalue weighted by Gasteiger charge is 1.95. The summed E-state index contributed by atoms with van der Waals surface area (Å²) < 4.78 is 0. The molecule has 86 valence electrons. The molecular weight excluding hydrogens is 208 g/mol. The summed E-state index contributed by atoms with van der Waals surface area (Å²) in [6, 6.07) is 14.5. The summed E-state index contributed by atoms with van der Waals surface area (Å²) in [7, 11) is 0. The molecule has 0 amide bonds. The van der Waals surface area contributed by atoms with Gasteiger partial charge >= 0.3 is 0 Å². The molecule has 2 aromatic carbocycles. The summed E-state index contributed by atoms with van der Waals surface area (Å²) in [5, 5.41) is 11.1. The van der Waals surface area contributed by atoms with Crippen molar-refractivity contribution < 1.29 is 5.11 Å². The number of hydrogen-bond acceptors (Lipinski definition) is 1. The van der Waals surface area contributed by atoms with Crippen molar-refractivity contribution in [1.82, 2.24) is 0 Å². The fourth-order valence-corrected chi connectivity index (χ4v) is 1.82. The van der Waals surface area contributed by atoms with Crippen LogP contribution >= 0.6 is 0 Å². The van der Waals surface area contributed by atoms with Gasteiger partial charge in [0.2, 0.25) is 0 Å². The predicted octanol–water partition coefficient (Wildman–Crippen LogP) is 3.35. The zero-order chi connectivity index (χ0) is 11.9. The van der Waals surface area contributed by atoms with Crippen molar-refractivity contribution in [1.29, 1.82) is 0 Å². The van der Waals surface area contributed by atoms with Crippen LogP contribution in [0.15, 0.2) is 42.5 Å². The van der Waals surface area contributed by atoms with E-state index in [0.29, 0.717) is 0 Å². The van der Waals surface area contributed by atoms with Crippen molar-refractivity contribution >= 4 is 10.8 Å². The molecule has 0 unspecified atom stereocenters. The highest BCUT2D eigenvalue weighted by molar-refractivity contribution is 5.88. The Morgan fingerprint density at radius 1 is 0.941 bits per heavy atom. The summed E-state index contributed by atoms with van der Waals surface area (Å²) in [5.74, 6) is 6.38. The van der Waals surface area contributed by atoms with E-state index in [1.165, 1.54) is 10.8 Å². The van der Waals surface area contributed by atoms with Crippen molar-refractivity contribution in [3.05, 3.63) is 48.0 Å². The maximum atomic E-state index is 8.68. The van der Waals surface area contributed by atoms with Crippen LogP contribution in [0.3, 0.4) is 0 Å². The second-order valence-corrected chi connectivity index (χ2v) is 4.01. The fourth-order valence-electron chi connectivity index (χ4n) is 1.82. The molecule has 0 aliphatic rings. The Labute approximate surface area is 102 Å². The van der Waals surface area contributed by atoms with Gasteiger partial charge in [-0.1, -0.05) is 48.2 Å². The van der Waals surface area contributed by atoms with Crippen molar-refractivity contribution in [2.24, 2.45) is 0 Å². The lowest BCUT2D eigenvalue weighted by Gasteiger charge is -1.99. The smallest absolute Gasteiger partial charge is 0.0431 e. The Kier molecular flexibility index (Phi) is 4.18. The highest BCUT2D eigenvalue weighted by Crippen LogP contribution is 2.17. The summed E-state index contributed by atoms with van der Waals surface area (Å²) in [4.78, 5) is 0. The van der Waals surface area contributed by atoms with E-state index in [2.05, 4.69) is 36.1 Å². The van der Waals surface area contributed by atoms with Crippen LogP contribution in [0.1, 0.15) is 24.8 Å². The predicted molar refractivity (Wildman–Crippen MR) is 71.8 cm³/mol. The van der Waals surface area contributed by atoms with E-state index in [1.54, 1.807) is 0 Å². The average molecular weight is 224 g/mol. The third-order valence-electron chi connectivity index (χ3n) is 2.72. The van der Waals surface area contributed by atoms with Gasteiger partial charge in [0.05, 0.1) is 0 Å². The van der Waals surface area contributed by atoms with Crippen LogP contribution in [-0.2, 0) is 0 Å². The number of benzene rings is 2. The third kappa shape index (κ3) is 3.09. The van der Waals surface area contributed by atoms with Gasteiger partial charge in [-0.2, -0.15) is 0 Å². The number of aliphatic hydroxyl groups excluding tert-OH is 1. The molecule has 0 bridgehead atoms. The molecule has 0 saturated heterocycles. The molecule has 0 spiro atoms. The number of unbranched alkanes of at least 4 members (excludes halogenated alkanes) is 2. The monoisotopic (exact) mass is 224 g/mol. The molecule has 0 aliphatic carbocycles. The van der Waals surface area contributed by atoms with Crippen molar-refractivity contribution in [3.63, 3.8) is 0 Å². The Morgan fingerprint density at radius 3 is 2.65 bits per heavy atom. The van der Waals surface area contributed by atoms with Gasteiger partial charge in [-0.05, 0) is 29.7 Å². The van der Waals surface area contributed by atoms with Crippen LogP contribution in [0.25, 0.3) is 10.8 Å². The van der Waals surface area contributed by atoms with E-state index >= 15 is 0 Å². The Balaban J connectivity index is 2.18. The van der Waals surface area contributed by atoms with Gasteiger partial charge in [0.15, 0.2) is 0 Å². The molecule has 2 aromatic rings. The second-order valence-electron chi connectivity index (χ2n) is 4.01. The van der Waals surface area contributed by atoms with Crippen LogP contribution in [0.2, 0.25) is 0 Å². The fraction of sp³-hybridized carbons (Fsp3) is 0.250. The molecule has 17 heavy (non-hydrogen) atoms. The number of fused-ring (bicyclic) bond motifs is 1. The van der Waals surface area contributed by atoms with Gasteiger partial charge in [-0.3, -0.25) is 0 Å². The molecule has 0 atom stereocenters. The lowest BCUT2D eigenvalue weighted by molar-refractivity contribution is 0.285. The Bertz CT molecular complexity index is 541. The minimum atomic E-state index is 0.260. The van der Waals surface area contributed by atoms with E-state index in [4.69, 9.17) is 5.11 Å². The van der Waals surface area contributed by atoms with Crippen LogP contribution < -0.4 is 0 Å². The topological polar surface area (TPSA) is 20.2 Å². The van der Waals surface area contributed by atoms with Gasteiger partial charge in [-0.15, -0.1) is 0 Å². The normalized spacial score (nSPS) is 9.94. The van der Waals surface area contributed by atoms with E-state index < -0.39 is 0 Å². The average Bonchev–Trinajstić information content (AvgIpc) is 2.39. The lowest BCUT2D eigenvalue weighted by atomic mass is 10.0. The SMILES string of the molecule is OCCCCC#Cc1cccc2ccccc12. The maximum Gasteiger partial charge on any atom is 0.0431 e. The molecule has 0 aromatic heterocycles. The maximum absolute atomic E-state index is 8.68. The van der Waals surface area contributed by atoms with Crippen molar-refractivity contribution in [3.8, 4) is 11.8 Å². The molecule has 1 N–H and O–H groups in total. The zero-order valence-corrected chi connectivity index (χ0v) is 9.82. The minimum absolute atomic E-state index is 0.260. The van der Waals surface area contributed by atoms with Gasteiger partial charge < -0.3 is 5.11 Å². The van der Waals surface area contributed by atoms with Gasteiger partial charge in [-0.25, -0.2) is 0 Å². The molecule has 1 heteroatoms. The van der Waals surface area contributed by atoms with Gasteiger partial charge in [0.1, 0.15) is 0 Å². The van der Waals surface area contributed by atoms with E-state index in [9.17, 15) is 0 Å². The Hall–Kier alpha value is -1.78. The Morgan fingerprint density at radius 2 is 1.76 bits per heavy atom. The zero-order valence-electron chi connectivity index (χ0n) is 9.82. The molecule has 1 nitrogen and oxygen atoms in total. The second kappa shape index (κ2) is 6.08. The summed E-state index contributed by atoms with van der Waals surface area (Å²) in [6.07, 6.45) is 2.66. The van der Waals surface area contributed by atoms with Crippen LogP contribution in [-0.4, -0.2) is 11.7 Å². The van der Waals surface area contributed by atoms with Crippen LogP contribution in [0.5, 0.6) is 0 Å². The molecule has 0 aliphatic heterocycles. The molecule has 2 rings (SSSR count). The molecule has 0 heterocycles. The largest absolute Gasteiger partial charge is 0.396 e. The molecule has 0 radical (unpaired) electrons. The first-order valence-electron chi connectivity index (χ1n) is 5.99. The van der Waals surface area contributed by atoms with Gasteiger partial charge in [0, 0.05) is 18.6 Å². The quantitative estimate of drug-likeness (QED) is 0.626. The first-order chi connectivity index (χ1) is 8.42.